The lowest BCUT2D eigenvalue weighted by atomic mass is 10.2. The van der Waals surface area contributed by atoms with Gasteiger partial charge in [0.05, 0.1) is 5.56 Å². The van der Waals surface area contributed by atoms with Crippen molar-refractivity contribution >= 4 is 35.0 Å². The van der Waals surface area contributed by atoms with Gasteiger partial charge < -0.3 is 5.32 Å². The number of nitrogens with one attached hydrogen (secondary N) is 3. The van der Waals surface area contributed by atoms with E-state index in [1.807, 2.05) is 30.3 Å². The molecule has 0 aromatic heterocycles. The van der Waals surface area contributed by atoms with E-state index in [0.717, 1.165) is 5.75 Å². The van der Waals surface area contributed by atoms with Crippen LogP contribution in [0.3, 0.4) is 0 Å². The monoisotopic (exact) mass is 349 g/mol. The highest BCUT2D eigenvalue weighted by Gasteiger charge is 2.10. The summed E-state index contributed by atoms with van der Waals surface area (Å²) in [5.74, 6) is -0.330. The third-order valence-corrected chi connectivity index (χ3v) is 4.07. The second kappa shape index (κ2) is 9.12. The maximum atomic E-state index is 13.4. The van der Waals surface area contributed by atoms with Gasteiger partial charge in [-0.2, -0.15) is 0 Å². The van der Waals surface area contributed by atoms with Gasteiger partial charge in [-0.25, -0.2) is 4.39 Å². The molecule has 1 amide bonds. The van der Waals surface area contributed by atoms with E-state index < -0.39 is 11.7 Å². The van der Waals surface area contributed by atoms with Gasteiger partial charge in [0.2, 0.25) is 0 Å². The van der Waals surface area contributed by atoms with Gasteiger partial charge in [-0.3, -0.25) is 15.6 Å². The number of rotatable bonds is 5. The second-order valence-electron chi connectivity index (χ2n) is 4.48. The summed E-state index contributed by atoms with van der Waals surface area (Å²) in [5.41, 5.74) is 4.87. The molecule has 3 N–H and O–H groups in total. The number of carbonyl (C=O) groups is 1. The fourth-order valence-electron chi connectivity index (χ4n) is 1.72. The van der Waals surface area contributed by atoms with Crippen LogP contribution in [0, 0.1) is 5.82 Å². The van der Waals surface area contributed by atoms with Crippen LogP contribution in [0.25, 0.3) is 0 Å². The van der Waals surface area contributed by atoms with E-state index in [2.05, 4.69) is 16.2 Å². The van der Waals surface area contributed by atoms with Crippen LogP contribution in [0.15, 0.2) is 59.5 Å². The molecule has 23 heavy (non-hydrogen) atoms. The first-order valence-corrected chi connectivity index (χ1v) is 8.33. The lowest BCUT2D eigenvalue weighted by molar-refractivity contribution is 0.0939. The average molecular weight is 349 g/mol. The predicted octanol–water partition coefficient (Wildman–Crippen LogP) is 2.73. The zero-order valence-corrected chi connectivity index (χ0v) is 13.8. The number of hydrogen-bond acceptors (Lipinski definition) is 3. The van der Waals surface area contributed by atoms with E-state index in [0.29, 0.717) is 6.54 Å². The number of carbonyl (C=O) groups excluding carboxylic acids is 1. The van der Waals surface area contributed by atoms with Crippen LogP contribution >= 0.6 is 24.0 Å². The Kier molecular flexibility index (Phi) is 6.83. The SMILES string of the molecule is O=C(NNC(=S)NCCSc1ccccc1)c1ccccc1F. The van der Waals surface area contributed by atoms with Crippen molar-refractivity contribution in [3.8, 4) is 0 Å². The zero-order valence-electron chi connectivity index (χ0n) is 12.2. The Labute approximate surface area is 143 Å². The van der Waals surface area contributed by atoms with Gasteiger partial charge in [-0.1, -0.05) is 30.3 Å². The minimum atomic E-state index is -0.579. The summed E-state index contributed by atoms with van der Waals surface area (Å²) in [7, 11) is 0. The van der Waals surface area contributed by atoms with Crippen LogP contribution in [0.4, 0.5) is 4.39 Å². The summed E-state index contributed by atoms with van der Waals surface area (Å²) in [6.45, 7) is 0.640. The van der Waals surface area contributed by atoms with E-state index in [4.69, 9.17) is 12.2 Å². The molecular formula is C16H16FN3OS2. The molecule has 0 heterocycles. The number of thiocarbonyl (C=S) groups is 1. The van der Waals surface area contributed by atoms with Crippen molar-refractivity contribution in [2.75, 3.05) is 12.3 Å². The van der Waals surface area contributed by atoms with E-state index in [1.165, 1.54) is 23.1 Å². The molecule has 0 aliphatic heterocycles. The highest BCUT2D eigenvalue weighted by molar-refractivity contribution is 7.99. The fraction of sp³-hybridized carbons (Fsp3) is 0.125. The van der Waals surface area contributed by atoms with Crippen LogP contribution in [0.5, 0.6) is 0 Å². The van der Waals surface area contributed by atoms with Crippen molar-refractivity contribution in [2.24, 2.45) is 0 Å². The summed E-state index contributed by atoms with van der Waals surface area (Å²) in [6.07, 6.45) is 0. The lowest BCUT2D eigenvalue weighted by Gasteiger charge is -2.11. The van der Waals surface area contributed by atoms with Gasteiger partial charge in [0.1, 0.15) is 5.82 Å². The predicted molar refractivity (Wildman–Crippen MR) is 94.8 cm³/mol. The Hall–Kier alpha value is -2.12. The number of hydrogen-bond donors (Lipinski definition) is 3. The van der Waals surface area contributed by atoms with Gasteiger partial charge in [0.15, 0.2) is 5.11 Å². The van der Waals surface area contributed by atoms with Crippen molar-refractivity contribution in [1.29, 1.82) is 0 Å². The number of thioether (sulfide) groups is 1. The topological polar surface area (TPSA) is 53.2 Å². The zero-order chi connectivity index (χ0) is 16.5. The standard InChI is InChI=1S/C16H16FN3OS2/c17-14-9-5-4-8-13(14)15(21)19-20-16(22)18-10-11-23-12-6-2-1-3-7-12/h1-9H,10-11H2,(H,19,21)(H2,18,20,22). The number of halogens is 1. The highest BCUT2D eigenvalue weighted by Crippen LogP contribution is 2.15. The van der Waals surface area contributed by atoms with E-state index in [1.54, 1.807) is 17.8 Å². The summed E-state index contributed by atoms with van der Waals surface area (Å²) in [6, 6.07) is 15.8. The molecule has 2 rings (SSSR count). The number of amides is 1. The second-order valence-corrected chi connectivity index (χ2v) is 6.05. The van der Waals surface area contributed by atoms with Crippen molar-refractivity contribution in [3.05, 3.63) is 66.0 Å². The molecule has 0 saturated carbocycles. The normalized spacial score (nSPS) is 9.96. The molecule has 0 fully saturated rings. The van der Waals surface area contributed by atoms with Gasteiger partial charge in [-0.05, 0) is 36.5 Å². The molecule has 0 unspecified atom stereocenters. The summed E-state index contributed by atoms with van der Waals surface area (Å²) in [5, 5.41) is 3.25. The number of benzene rings is 2. The van der Waals surface area contributed by atoms with Crippen LogP contribution in [0.2, 0.25) is 0 Å². The van der Waals surface area contributed by atoms with Crippen molar-refractivity contribution in [2.45, 2.75) is 4.90 Å². The Balaban J connectivity index is 1.65. The quantitative estimate of drug-likeness (QED) is 0.335. The Bertz CT molecular complexity index is 667. The summed E-state index contributed by atoms with van der Waals surface area (Å²) in [4.78, 5) is 13.0. The first-order chi connectivity index (χ1) is 11.2. The third-order valence-electron chi connectivity index (χ3n) is 2.81. The first-order valence-electron chi connectivity index (χ1n) is 6.93. The molecule has 4 nitrogen and oxygen atoms in total. The van der Waals surface area contributed by atoms with Crippen LogP contribution in [-0.2, 0) is 0 Å². The van der Waals surface area contributed by atoms with Gasteiger partial charge in [0.25, 0.3) is 5.91 Å². The average Bonchev–Trinajstić information content (AvgIpc) is 2.58. The minimum absolute atomic E-state index is 0.0394. The Morgan fingerprint density at radius 1 is 1.04 bits per heavy atom. The molecule has 2 aromatic carbocycles. The molecular weight excluding hydrogens is 333 g/mol. The molecule has 0 atom stereocenters. The first kappa shape index (κ1) is 17.2. The Morgan fingerprint density at radius 3 is 2.48 bits per heavy atom. The van der Waals surface area contributed by atoms with Crippen LogP contribution < -0.4 is 16.2 Å². The highest BCUT2D eigenvalue weighted by atomic mass is 32.2. The fourth-order valence-corrected chi connectivity index (χ4v) is 2.66. The summed E-state index contributed by atoms with van der Waals surface area (Å²) >= 11 is 6.74. The lowest BCUT2D eigenvalue weighted by Crippen LogP contribution is -2.47. The minimum Gasteiger partial charge on any atom is -0.361 e. The van der Waals surface area contributed by atoms with E-state index in [9.17, 15) is 9.18 Å². The van der Waals surface area contributed by atoms with Crippen LogP contribution in [-0.4, -0.2) is 23.3 Å². The smallest absolute Gasteiger partial charge is 0.272 e. The molecule has 0 aliphatic carbocycles. The van der Waals surface area contributed by atoms with Crippen molar-refractivity contribution in [1.82, 2.24) is 16.2 Å². The molecule has 2 aromatic rings. The summed E-state index contributed by atoms with van der Waals surface area (Å²) < 4.78 is 13.4. The maximum absolute atomic E-state index is 13.4. The Morgan fingerprint density at radius 2 is 1.74 bits per heavy atom. The molecule has 7 heteroatoms. The third kappa shape index (κ3) is 5.88. The molecule has 0 aliphatic rings. The number of hydrazine groups is 1. The molecule has 0 radical (unpaired) electrons. The van der Waals surface area contributed by atoms with Crippen LogP contribution in [0.1, 0.15) is 10.4 Å². The molecule has 120 valence electrons. The van der Waals surface area contributed by atoms with Crippen molar-refractivity contribution < 1.29 is 9.18 Å². The van der Waals surface area contributed by atoms with Gasteiger partial charge in [-0.15, -0.1) is 11.8 Å². The maximum Gasteiger partial charge on any atom is 0.272 e. The van der Waals surface area contributed by atoms with Crippen molar-refractivity contribution in [3.63, 3.8) is 0 Å². The van der Waals surface area contributed by atoms with E-state index >= 15 is 0 Å². The molecule has 0 spiro atoms. The molecule has 0 saturated heterocycles. The van der Waals surface area contributed by atoms with Gasteiger partial charge in [0, 0.05) is 17.2 Å². The van der Waals surface area contributed by atoms with Gasteiger partial charge >= 0.3 is 0 Å². The molecule has 0 bridgehead atoms. The van der Waals surface area contributed by atoms with E-state index in [-0.39, 0.29) is 10.7 Å². The largest absolute Gasteiger partial charge is 0.361 e.